The topological polar surface area (TPSA) is 75.4 Å². The molecular formula is C16H22ClF2N3O2. The predicted octanol–water partition coefficient (Wildman–Crippen LogP) is 1.85. The second-order valence-corrected chi connectivity index (χ2v) is 5.73. The highest BCUT2D eigenvalue weighted by Gasteiger charge is 2.20. The van der Waals surface area contributed by atoms with E-state index in [1.165, 1.54) is 0 Å². The van der Waals surface area contributed by atoms with Crippen LogP contribution in [0.15, 0.2) is 18.2 Å². The van der Waals surface area contributed by atoms with Crippen molar-refractivity contribution >= 4 is 24.2 Å². The van der Waals surface area contributed by atoms with Crippen LogP contribution in [0, 0.1) is 11.6 Å². The quantitative estimate of drug-likeness (QED) is 0.786. The van der Waals surface area contributed by atoms with Gasteiger partial charge >= 0.3 is 0 Å². The minimum absolute atomic E-state index is 0. The second kappa shape index (κ2) is 9.54. The van der Waals surface area contributed by atoms with Gasteiger partial charge in [-0.15, -0.1) is 12.4 Å². The van der Waals surface area contributed by atoms with Gasteiger partial charge in [-0.25, -0.2) is 8.78 Å². The maximum Gasteiger partial charge on any atom is 0.254 e. The summed E-state index contributed by atoms with van der Waals surface area (Å²) >= 11 is 0. The zero-order valence-corrected chi connectivity index (χ0v) is 14.1. The van der Waals surface area contributed by atoms with E-state index < -0.39 is 17.5 Å². The highest BCUT2D eigenvalue weighted by molar-refractivity contribution is 5.94. The number of nitrogens with two attached hydrogens (primary N) is 1. The summed E-state index contributed by atoms with van der Waals surface area (Å²) < 4.78 is 26.2. The number of nitrogens with zero attached hydrogens (tertiary/aromatic N) is 1. The first-order chi connectivity index (χ1) is 11.0. The molecule has 24 heavy (non-hydrogen) atoms. The molecule has 1 saturated heterocycles. The number of piperidine rings is 1. The van der Waals surface area contributed by atoms with Crippen LogP contribution in [0.25, 0.3) is 0 Å². The maximum atomic E-state index is 13.4. The first kappa shape index (κ1) is 20.3. The highest BCUT2D eigenvalue weighted by atomic mass is 35.5. The lowest BCUT2D eigenvalue weighted by Crippen LogP contribution is -2.45. The van der Waals surface area contributed by atoms with Crippen LogP contribution in [0.2, 0.25) is 0 Å². The molecule has 1 heterocycles. The van der Waals surface area contributed by atoms with Crippen molar-refractivity contribution in [1.29, 1.82) is 0 Å². The molecule has 0 radical (unpaired) electrons. The van der Waals surface area contributed by atoms with E-state index in [-0.39, 0.29) is 36.5 Å². The molecule has 0 saturated carbocycles. The zero-order valence-electron chi connectivity index (χ0n) is 13.3. The van der Waals surface area contributed by atoms with Crippen LogP contribution in [0.5, 0.6) is 0 Å². The van der Waals surface area contributed by atoms with Crippen LogP contribution >= 0.6 is 12.4 Å². The summed E-state index contributed by atoms with van der Waals surface area (Å²) in [6.07, 6.45) is 2.61. The monoisotopic (exact) mass is 361 g/mol. The lowest BCUT2D eigenvalue weighted by atomic mass is 10.1. The van der Waals surface area contributed by atoms with E-state index in [0.29, 0.717) is 25.5 Å². The van der Waals surface area contributed by atoms with Crippen molar-refractivity contribution in [3.8, 4) is 0 Å². The summed E-state index contributed by atoms with van der Waals surface area (Å²) in [6, 6.07) is 2.83. The first-order valence-corrected chi connectivity index (χ1v) is 7.74. The fraction of sp³-hybridized carbons (Fsp3) is 0.500. The lowest BCUT2D eigenvalue weighted by Gasteiger charge is -2.30. The van der Waals surface area contributed by atoms with Crippen molar-refractivity contribution in [3.05, 3.63) is 35.4 Å². The zero-order chi connectivity index (χ0) is 16.8. The fourth-order valence-corrected chi connectivity index (χ4v) is 2.60. The number of rotatable bonds is 5. The molecule has 1 unspecified atom stereocenters. The molecule has 1 atom stereocenters. The van der Waals surface area contributed by atoms with E-state index in [4.69, 9.17) is 5.73 Å². The molecule has 1 aromatic carbocycles. The fourth-order valence-electron chi connectivity index (χ4n) is 2.60. The number of nitrogens with one attached hydrogen (secondary N) is 1. The Morgan fingerprint density at radius 1 is 1.33 bits per heavy atom. The van der Waals surface area contributed by atoms with E-state index in [1.807, 2.05) is 0 Å². The third-order valence-electron chi connectivity index (χ3n) is 3.84. The molecule has 5 nitrogen and oxygen atoms in total. The Kier molecular flexibility index (Phi) is 8.07. The third-order valence-corrected chi connectivity index (χ3v) is 3.84. The van der Waals surface area contributed by atoms with Gasteiger partial charge in [-0.3, -0.25) is 9.59 Å². The first-order valence-electron chi connectivity index (χ1n) is 7.74. The molecule has 0 spiro atoms. The van der Waals surface area contributed by atoms with Gasteiger partial charge in [0, 0.05) is 38.2 Å². The SMILES string of the molecule is Cl.NC1CCCN(C(=O)CCCNC(=O)c2ccc(F)cc2F)C1. The molecule has 2 amide bonds. The minimum atomic E-state index is -0.902. The van der Waals surface area contributed by atoms with E-state index in [1.54, 1.807) is 4.90 Å². The molecule has 1 aliphatic heterocycles. The van der Waals surface area contributed by atoms with Crippen molar-refractivity contribution in [1.82, 2.24) is 10.2 Å². The molecule has 1 aliphatic rings. The highest BCUT2D eigenvalue weighted by Crippen LogP contribution is 2.11. The average Bonchev–Trinajstić information content (AvgIpc) is 2.51. The summed E-state index contributed by atoms with van der Waals surface area (Å²) in [5, 5.41) is 2.53. The van der Waals surface area contributed by atoms with Crippen LogP contribution < -0.4 is 11.1 Å². The average molecular weight is 362 g/mol. The molecule has 2 rings (SSSR count). The van der Waals surface area contributed by atoms with E-state index in [2.05, 4.69) is 5.32 Å². The van der Waals surface area contributed by atoms with Crippen molar-refractivity contribution in [2.24, 2.45) is 5.73 Å². The number of likely N-dealkylation sites (tertiary alicyclic amines) is 1. The van der Waals surface area contributed by atoms with Gasteiger partial charge in [-0.1, -0.05) is 0 Å². The van der Waals surface area contributed by atoms with Crippen LogP contribution in [-0.2, 0) is 4.79 Å². The number of hydrogen-bond donors (Lipinski definition) is 2. The Labute approximate surface area is 146 Å². The summed E-state index contributed by atoms with van der Waals surface area (Å²) in [5.41, 5.74) is 5.62. The lowest BCUT2D eigenvalue weighted by molar-refractivity contribution is -0.132. The Balaban J connectivity index is 0.00000288. The molecule has 8 heteroatoms. The number of carbonyl (C=O) groups excluding carboxylic acids is 2. The van der Waals surface area contributed by atoms with E-state index >= 15 is 0 Å². The second-order valence-electron chi connectivity index (χ2n) is 5.73. The van der Waals surface area contributed by atoms with Gasteiger partial charge in [0.25, 0.3) is 5.91 Å². The standard InChI is InChI=1S/C16H21F2N3O2.ClH/c17-11-5-6-13(14(18)9-11)16(23)20-7-1-4-15(22)21-8-2-3-12(19)10-21;/h5-6,9,12H,1-4,7-8,10,19H2,(H,20,23);1H. The van der Waals surface area contributed by atoms with Gasteiger partial charge in [-0.05, 0) is 31.4 Å². The number of amides is 2. The Hall–Kier alpha value is -1.73. The van der Waals surface area contributed by atoms with Crippen molar-refractivity contribution in [3.63, 3.8) is 0 Å². The van der Waals surface area contributed by atoms with E-state index in [0.717, 1.165) is 31.5 Å². The van der Waals surface area contributed by atoms with Crippen LogP contribution in [0.1, 0.15) is 36.0 Å². The summed E-state index contributed by atoms with van der Waals surface area (Å²) in [4.78, 5) is 25.5. The Morgan fingerprint density at radius 3 is 2.75 bits per heavy atom. The van der Waals surface area contributed by atoms with Crippen molar-refractivity contribution in [2.75, 3.05) is 19.6 Å². The van der Waals surface area contributed by atoms with E-state index in [9.17, 15) is 18.4 Å². The maximum absolute atomic E-state index is 13.4. The van der Waals surface area contributed by atoms with Crippen molar-refractivity contribution in [2.45, 2.75) is 31.7 Å². The summed E-state index contributed by atoms with van der Waals surface area (Å²) in [7, 11) is 0. The molecule has 3 N–H and O–H groups in total. The molecule has 1 aromatic rings. The van der Waals surface area contributed by atoms with Crippen LogP contribution in [-0.4, -0.2) is 42.4 Å². The van der Waals surface area contributed by atoms with Gasteiger partial charge < -0.3 is 16.0 Å². The number of hydrogen-bond acceptors (Lipinski definition) is 3. The normalized spacial score (nSPS) is 17.1. The molecule has 0 aliphatic carbocycles. The van der Waals surface area contributed by atoms with Gasteiger partial charge in [0.1, 0.15) is 11.6 Å². The molecule has 0 aromatic heterocycles. The third kappa shape index (κ3) is 5.72. The molecular weight excluding hydrogens is 340 g/mol. The number of benzene rings is 1. The van der Waals surface area contributed by atoms with Gasteiger partial charge in [0.2, 0.25) is 5.91 Å². The minimum Gasteiger partial charge on any atom is -0.352 e. The van der Waals surface area contributed by atoms with Crippen LogP contribution in [0.4, 0.5) is 8.78 Å². The summed E-state index contributed by atoms with van der Waals surface area (Å²) in [5.74, 6) is -2.23. The van der Waals surface area contributed by atoms with Gasteiger partial charge in [0.05, 0.1) is 5.56 Å². The van der Waals surface area contributed by atoms with Gasteiger partial charge in [0.15, 0.2) is 0 Å². The van der Waals surface area contributed by atoms with Gasteiger partial charge in [-0.2, -0.15) is 0 Å². The Bertz CT molecular complexity index is 586. The number of carbonyl (C=O) groups is 2. The van der Waals surface area contributed by atoms with Crippen LogP contribution in [0.3, 0.4) is 0 Å². The molecule has 134 valence electrons. The number of halogens is 3. The largest absolute Gasteiger partial charge is 0.352 e. The summed E-state index contributed by atoms with van der Waals surface area (Å²) in [6.45, 7) is 1.55. The molecule has 1 fully saturated rings. The predicted molar refractivity (Wildman–Crippen MR) is 89.0 cm³/mol. The van der Waals surface area contributed by atoms with Crippen molar-refractivity contribution < 1.29 is 18.4 Å². The molecule has 0 bridgehead atoms. The smallest absolute Gasteiger partial charge is 0.254 e. The Morgan fingerprint density at radius 2 is 2.08 bits per heavy atom.